The maximum atomic E-state index is 3.72. The summed E-state index contributed by atoms with van der Waals surface area (Å²) in [7, 11) is 0. The van der Waals surface area contributed by atoms with Gasteiger partial charge < -0.3 is 5.32 Å². The predicted molar refractivity (Wildman–Crippen MR) is 77.3 cm³/mol. The second-order valence-corrected chi connectivity index (χ2v) is 6.92. The highest BCUT2D eigenvalue weighted by Gasteiger charge is 2.30. The summed E-state index contributed by atoms with van der Waals surface area (Å²) in [5, 5.41) is 3.72. The highest BCUT2D eigenvalue weighted by Crippen LogP contribution is 2.37. The van der Waals surface area contributed by atoms with Gasteiger partial charge in [0.25, 0.3) is 0 Å². The van der Waals surface area contributed by atoms with Gasteiger partial charge in [-0.05, 0) is 57.9 Å². The van der Waals surface area contributed by atoms with Crippen LogP contribution in [-0.4, -0.2) is 12.1 Å². The van der Waals surface area contributed by atoms with Crippen molar-refractivity contribution in [3.05, 3.63) is 0 Å². The Kier molecular flexibility index (Phi) is 5.99. The van der Waals surface area contributed by atoms with E-state index in [2.05, 4.69) is 39.9 Å². The molecule has 102 valence electrons. The molecule has 1 N–H and O–H groups in total. The van der Waals surface area contributed by atoms with Crippen molar-refractivity contribution in [2.75, 3.05) is 6.54 Å². The third kappa shape index (κ3) is 4.99. The van der Waals surface area contributed by atoms with E-state index in [1.807, 2.05) is 0 Å². The predicted octanol–water partition coefficient (Wildman–Crippen LogP) is 4.62. The Hall–Kier alpha value is -0.0400. The zero-order chi connectivity index (χ0) is 12.9. The molecule has 0 aromatic rings. The molecule has 0 radical (unpaired) electrons. The van der Waals surface area contributed by atoms with Crippen molar-refractivity contribution in [1.82, 2.24) is 5.32 Å². The third-order valence-corrected chi connectivity index (χ3v) is 4.52. The first-order valence-corrected chi connectivity index (χ1v) is 7.73. The SMILES string of the molecule is CCC(CC)C1CCCCC1CNC(C)(C)C. The van der Waals surface area contributed by atoms with E-state index in [1.54, 1.807) is 0 Å². The molecule has 2 unspecified atom stereocenters. The van der Waals surface area contributed by atoms with Crippen LogP contribution < -0.4 is 5.32 Å². The van der Waals surface area contributed by atoms with Crippen molar-refractivity contribution in [2.45, 2.75) is 78.7 Å². The second-order valence-electron chi connectivity index (χ2n) is 6.92. The van der Waals surface area contributed by atoms with Gasteiger partial charge in [0.1, 0.15) is 0 Å². The minimum Gasteiger partial charge on any atom is -0.312 e. The fourth-order valence-corrected chi connectivity index (χ4v) is 3.44. The minimum atomic E-state index is 0.274. The number of nitrogens with one attached hydrogen (secondary N) is 1. The van der Waals surface area contributed by atoms with Crippen molar-refractivity contribution < 1.29 is 0 Å². The molecule has 1 fully saturated rings. The summed E-state index contributed by atoms with van der Waals surface area (Å²) in [6.45, 7) is 12.8. The number of rotatable bonds is 5. The Morgan fingerprint density at radius 3 is 2.18 bits per heavy atom. The Labute approximate surface area is 109 Å². The Balaban J connectivity index is 2.53. The first kappa shape index (κ1) is 15.0. The van der Waals surface area contributed by atoms with Crippen LogP contribution >= 0.6 is 0 Å². The van der Waals surface area contributed by atoms with Gasteiger partial charge in [-0.25, -0.2) is 0 Å². The first-order valence-electron chi connectivity index (χ1n) is 7.73. The van der Waals surface area contributed by atoms with E-state index in [4.69, 9.17) is 0 Å². The van der Waals surface area contributed by atoms with E-state index in [1.165, 1.54) is 45.1 Å². The smallest absolute Gasteiger partial charge is 0.00966 e. The Morgan fingerprint density at radius 1 is 1.06 bits per heavy atom. The van der Waals surface area contributed by atoms with Gasteiger partial charge in [0.2, 0.25) is 0 Å². The fraction of sp³-hybridized carbons (Fsp3) is 1.00. The van der Waals surface area contributed by atoms with Crippen molar-refractivity contribution >= 4 is 0 Å². The average Bonchev–Trinajstić information content (AvgIpc) is 2.28. The average molecular weight is 239 g/mol. The minimum absolute atomic E-state index is 0.274. The van der Waals surface area contributed by atoms with Crippen molar-refractivity contribution in [3.8, 4) is 0 Å². The normalized spacial score (nSPS) is 26.5. The van der Waals surface area contributed by atoms with Crippen LogP contribution in [0.25, 0.3) is 0 Å². The molecule has 1 aliphatic carbocycles. The standard InChI is InChI=1S/C16H33N/c1-6-13(7-2)15-11-9-8-10-14(15)12-17-16(3,4)5/h13-15,17H,6-12H2,1-5H3. The molecule has 2 atom stereocenters. The number of hydrogen-bond donors (Lipinski definition) is 1. The van der Waals surface area contributed by atoms with Gasteiger partial charge in [-0.3, -0.25) is 0 Å². The molecule has 1 rings (SSSR count). The van der Waals surface area contributed by atoms with Gasteiger partial charge in [0.05, 0.1) is 0 Å². The molecular formula is C16H33N. The maximum Gasteiger partial charge on any atom is 0.00966 e. The molecule has 0 saturated heterocycles. The molecule has 1 saturated carbocycles. The molecule has 1 nitrogen and oxygen atoms in total. The molecule has 0 aromatic carbocycles. The third-order valence-electron chi connectivity index (χ3n) is 4.52. The van der Waals surface area contributed by atoms with Crippen LogP contribution in [0.3, 0.4) is 0 Å². The monoisotopic (exact) mass is 239 g/mol. The summed E-state index contributed by atoms with van der Waals surface area (Å²) in [6.07, 6.45) is 8.58. The Bertz CT molecular complexity index is 200. The molecule has 0 bridgehead atoms. The second kappa shape index (κ2) is 6.78. The summed E-state index contributed by atoms with van der Waals surface area (Å²) in [5.74, 6) is 2.86. The molecule has 0 aliphatic heterocycles. The van der Waals surface area contributed by atoms with Gasteiger partial charge in [0, 0.05) is 5.54 Å². The highest BCUT2D eigenvalue weighted by molar-refractivity contribution is 4.83. The molecule has 0 heterocycles. The van der Waals surface area contributed by atoms with Crippen LogP contribution in [0.1, 0.15) is 73.1 Å². The molecular weight excluding hydrogens is 206 g/mol. The lowest BCUT2D eigenvalue weighted by molar-refractivity contribution is 0.142. The summed E-state index contributed by atoms with van der Waals surface area (Å²) in [5.41, 5.74) is 0.274. The summed E-state index contributed by atoms with van der Waals surface area (Å²) in [6, 6.07) is 0. The molecule has 0 aromatic heterocycles. The van der Waals surface area contributed by atoms with E-state index in [-0.39, 0.29) is 5.54 Å². The summed E-state index contributed by atoms with van der Waals surface area (Å²) in [4.78, 5) is 0. The lowest BCUT2D eigenvalue weighted by Gasteiger charge is -2.38. The quantitative estimate of drug-likeness (QED) is 0.738. The van der Waals surface area contributed by atoms with E-state index in [9.17, 15) is 0 Å². The zero-order valence-electron chi connectivity index (χ0n) is 12.7. The van der Waals surface area contributed by atoms with Gasteiger partial charge in [-0.2, -0.15) is 0 Å². The van der Waals surface area contributed by atoms with E-state index in [0.717, 1.165) is 17.8 Å². The van der Waals surface area contributed by atoms with Crippen LogP contribution in [0.4, 0.5) is 0 Å². The summed E-state index contributed by atoms with van der Waals surface area (Å²) >= 11 is 0. The van der Waals surface area contributed by atoms with Crippen LogP contribution in [0, 0.1) is 17.8 Å². The highest BCUT2D eigenvalue weighted by atomic mass is 14.9. The van der Waals surface area contributed by atoms with Gasteiger partial charge >= 0.3 is 0 Å². The van der Waals surface area contributed by atoms with E-state index in [0.29, 0.717) is 0 Å². The van der Waals surface area contributed by atoms with Crippen LogP contribution in [-0.2, 0) is 0 Å². The van der Waals surface area contributed by atoms with Gasteiger partial charge in [0.15, 0.2) is 0 Å². The molecule has 1 aliphatic rings. The van der Waals surface area contributed by atoms with E-state index < -0.39 is 0 Å². The van der Waals surface area contributed by atoms with Crippen molar-refractivity contribution in [2.24, 2.45) is 17.8 Å². The largest absolute Gasteiger partial charge is 0.312 e. The van der Waals surface area contributed by atoms with Gasteiger partial charge in [-0.1, -0.05) is 39.5 Å². The molecule has 17 heavy (non-hydrogen) atoms. The number of hydrogen-bond acceptors (Lipinski definition) is 1. The van der Waals surface area contributed by atoms with Crippen LogP contribution in [0.5, 0.6) is 0 Å². The lowest BCUT2D eigenvalue weighted by atomic mass is 9.70. The molecule has 1 heteroatoms. The van der Waals surface area contributed by atoms with Crippen molar-refractivity contribution in [1.29, 1.82) is 0 Å². The maximum absolute atomic E-state index is 3.72. The van der Waals surface area contributed by atoms with Gasteiger partial charge in [-0.15, -0.1) is 0 Å². The lowest BCUT2D eigenvalue weighted by Crippen LogP contribution is -2.42. The van der Waals surface area contributed by atoms with Crippen LogP contribution in [0.15, 0.2) is 0 Å². The Morgan fingerprint density at radius 2 is 1.65 bits per heavy atom. The van der Waals surface area contributed by atoms with E-state index >= 15 is 0 Å². The van der Waals surface area contributed by atoms with Crippen LogP contribution in [0.2, 0.25) is 0 Å². The first-order chi connectivity index (χ1) is 7.98. The molecule has 0 spiro atoms. The fourth-order valence-electron chi connectivity index (χ4n) is 3.44. The molecule has 0 amide bonds. The topological polar surface area (TPSA) is 12.0 Å². The van der Waals surface area contributed by atoms with Crippen molar-refractivity contribution in [3.63, 3.8) is 0 Å². The summed E-state index contributed by atoms with van der Waals surface area (Å²) < 4.78 is 0. The zero-order valence-corrected chi connectivity index (χ0v) is 12.7.